The van der Waals surface area contributed by atoms with Crippen molar-refractivity contribution in [3.8, 4) is 0 Å². The summed E-state index contributed by atoms with van der Waals surface area (Å²) in [5.74, 6) is -1.67. The molecule has 1 atom stereocenters. The van der Waals surface area contributed by atoms with Gasteiger partial charge in [-0.25, -0.2) is 0 Å². The third-order valence-electron chi connectivity index (χ3n) is 5.77. The number of halogens is 2. The molecule has 0 spiro atoms. The monoisotopic (exact) mass is 571 g/mol. The number of thioether (sulfide) groups is 1. The van der Waals surface area contributed by atoms with Crippen LogP contribution in [0.1, 0.15) is 31.2 Å². The lowest BCUT2D eigenvalue weighted by molar-refractivity contribution is -0.141. The maximum absolute atomic E-state index is 12.7. The minimum absolute atomic E-state index is 0.179. The standard InChI is InChI=1S/C24H27Cl2N3O5S2/c1-35-10-7-18(30)28-17(13-20(32)33)24(34)27-16-4-8-29(9-5-16)19(31)3-2-14-12-15-6-11-36-23(15)22(26)21(14)25/h2-3,6,11-12,16-17H,4-5,7-10,13H2,1H3,(H,27,34)(H,28,30)(H,32,33)/b3-2+/t17-/m0/s1. The van der Waals surface area contributed by atoms with Gasteiger partial charge in [-0.05, 0) is 53.6 Å². The van der Waals surface area contributed by atoms with E-state index in [2.05, 4.69) is 10.6 Å². The summed E-state index contributed by atoms with van der Waals surface area (Å²) >= 11 is 15.7. The summed E-state index contributed by atoms with van der Waals surface area (Å²) in [7, 11) is 0. The molecule has 3 rings (SSSR count). The summed E-state index contributed by atoms with van der Waals surface area (Å²) in [6.45, 7) is 0.853. The highest BCUT2D eigenvalue weighted by molar-refractivity contribution is 7.98. The van der Waals surface area contributed by atoms with Crippen LogP contribution in [0.3, 0.4) is 0 Å². The Morgan fingerprint density at radius 2 is 1.97 bits per heavy atom. The Kier molecular flexibility index (Phi) is 10.5. The molecule has 194 valence electrons. The number of carboxylic acid groups (broad SMARTS) is 1. The number of amides is 3. The lowest BCUT2D eigenvalue weighted by atomic mass is 10.0. The van der Waals surface area contributed by atoms with E-state index in [0.29, 0.717) is 47.3 Å². The number of nitrogens with one attached hydrogen (secondary N) is 2. The SMILES string of the molecule is CSCCC(=O)N[C@@H](CC(=O)O)C(=O)NC1CCN(C(=O)/C=C/c2cc3ccsc3c(Cl)c2Cl)CC1. The van der Waals surface area contributed by atoms with Crippen LogP contribution in [0, 0.1) is 0 Å². The molecule has 1 aliphatic heterocycles. The Bertz CT molecular complexity index is 1160. The first-order valence-corrected chi connectivity index (χ1v) is 14.3. The van der Waals surface area contributed by atoms with Crippen LogP contribution in [0.5, 0.6) is 0 Å². The molecule has 0 aliphatic carbocycles. The molecule has 1 aliphatic rings. The van der Waals surface area contributed by atoms with Crippen LogP contribution in [0.25, 0.3) is 16.2 Å². The molecule has 3 amide bonds. The molecule has 12 heteroatoms. The summed E-state index contributed by atoms with van der Waals surface area (Å²) in [5.41, 5.74) is 0.659. The van der Waals surface area contributed by atoms with E-state index in [4.69, 9.17) is 28.3 Å². The van der Waals surface area contributed by atoms with Gasteiger partial charge in [0, 0.05) is 37.4 Å². The van der Waals surface area contributed by atoms with E-state index in [9.17, 15) is 19.2 Å². The number of carboxylic acids is 1. The van der Waals surface area contributed by atoms with Gasteiger partial charge in [0.05, 0.1) is 21.2 Å². The summed E-state index contributed by atoms with van der Waals surface area (Å²) in [5, 5.41) is 18.2. The van der Waals surface area contributed by atoms with Gasteiger partial charge >= 0.3 is 5.97 Å². The van der Waals surface area contributed by atoms with Crippen molar-refractivity contribution in [1.82, 2.24) is 15.5 Å². The number of rotatable bonds is 10. The zero-order valence-corrected chi connectivity index (χ0v) is 22.7. The summed E-state index contributed by atoms with van der Waals surface area (Å²) in [6.07, 6.45) is 5.70. The van der Waals surface area contributed by atoms with E-state index in [1.165, 1.54) is 29.2 Å². The van der Waals surface area contributed by atoms with Gasteiger partial charge in [-0.1, -0.05) is 23.2 Å². The third kappa shape index (κ3) is 7.61. The molecule has 1 aromatic heterocycles. The average Bonchev–Trinajstić information content (AvgIpc) is 3.32. The molecule has 2 heterocycles. The Morgan fingerprint density at radius 3 is 2.64 bits per heavy atom. The van der Waals surface area contributed by atoms with E-state index in [1.54, 1.807) is 11.0 Å². The minimum atomic E-state index is -1.17. The highest BCUT2D eigenvalue weighted by atomic mass is 35.5. The Hall–Kier alpha value is -2.27. The van der Waals surface area contributed by atoms with Gasteiger partial charge in [-0.3, -0.25) is 19.2 Å². The number of fused-ring (bicyclic) bond motifs is 1. The number of hydrogen-bond donors (Lipinski definition) is 3. The number of piperidine rings is 1. The summed E-state index contributed by atoms with van der Waals surface area (Å²) in [6, 6.07) is 2.46. The van der Waals surface area contributed by atoms with Crippen molar-refractivity contribution in [1.29, 1.82) is 0 Å². The van der Waals surface area contributed by atoms with E-state index in [-0.39, 0.29) is 24.3 Å². The maximum atomic E-state index is 12.7. The summed E-state index contributed by atoms with van der Waals surface area (Å²) in [4.78, 5) is 50.2. The number of carbonyl (C=O) groups is 4. The number of aliphatic carboxylic acids is 1. The van der Waals surface area contributed by atoms with Gasteiger partial charge in [0.1, 0.15) is 6.04 Å². The number of carbonyl (C=O) groups excluding carboxylic acids is 3. The van der Waals surface area contributed by atoms with Gasteiger partial charge in [-0.15, -0.1) is 11.3 Å². The first kappa shape index (κ1) is 28.3. The fourth-order valence-corrected chi connectivity index (χ4v) is 5.68. The summed E-state index contributed by atoms with van der Waals surface area (Å²) < 4.78 is 0.902. The number of benzene rings is 1. The second kappa shape index (κ2) is 13.3. The van der Waals surface area contributed by atoms with Crippen molar-refractivity contribution in [3.63, 3.8) is 0 Å². The zero-order chi connectivity index (χ0) is 26.2. The highest BCUT2D eigenvalue weighted by Gasteiger charge is 2.28. The fraction of sp³-hybridized carbons (Fsp3) is 0.417. The first-order chi connectivity index (χ1) is 17.2. The molecule has 3 N–H and O–H groups in total. The number of nitrogens with zero attached hydrogens (tertiary/aromatic N) is 1. The second-order valence-corrected chi connectivity index (χ2v) is 11.0. The molecule has 0 unspecified atom stereocenters. The van der Waals surface area contributed by atoms with Gasteiger partial charge in [-0.2, -0.15) is 11.8 Å². The second-order valence-electron chi connectivity index (χ2n) is 8.33. The smallest absolute Gasteiger partial charge is 0.305 e. The predicted molar refractivity (Wildman–Crippen MR) is 146 cm³/mol. The molecule has 8 nitrogen and oxygen atoms in total. The van der Waals surface area contributed by atoms with Crippen LogP contribution in [-0.2, 0) is 19.2 Å². The number of likely N-dealkylation sites (tertiary alicyclic amines) is 1. The van der Waals surface area contributed by atoms with E-state index in [0.717, 1.165) is 10.1 Å². The normalized spacial score (nSPS) is 15.2. The van der Waals surface area contributed by atoms with Crippen LogP contribution < -0.4 is 10.6 Å². The lowest BCUT2D eigenvalue weighted by Gasteiger charge is -2.32. The lowest BCUT2D eigenvalue weighted by Crippen LogP contribution is -2.53. The first-order valence-electron chi connectivity index (χ1n) is 11.3. The van der Waals surface area contributed by atoms with Crippen molar-refractivity contribution >= 4 is 86.2 Å². The molecule has 36 heavy (non-hydrogen) atoms. The molecule has 1 fully saturated rings. The third-order valence-corrected chi connectivity index (χ3v) is 8.33. The topological polar surface area (TPSA) is 116 Å². The Balaban J connectivity index is 1.53. The molecule has 0 bridgehead atoms. The molecule has 2 aromatic rings. The fourth-order valence-electron chi connectivity index (χ4n) is 3.85. The van der Waals surface area contributed by atoms with Crippen molar-refractivity contribution in [2.24, 2.45) is 0 Å². The van der Waals surface area contributed by atoms with Crippen LogP contribution in [0.2, 0.25) is 10.0 Å². The molecule has 0 radical (unpaired) electrons. The largest absolute Gasteiger partial charge is 0.481 e. The van der Waals surface area contributed by atoms with E-state index < -0.39 is 24.3 Å². The molecule has 1 aromatic carbocycles. The average molecular weight is 573 g/mol. The molecule has 0 saturated carbocycles. The van der Waals surface area contributed by atoms with Crippen LogP contribution in [-0.4, -0.2) is 70.9 Å². The molecular formula is C24H27Cl2N3O5S2. The number of thiophene rings is 1. The van der Waals surface area contributed by atoms with Crippen molar-refractivity contribution in [2.75, 3.05) is 25.1 Å². The zero-order valence-electron chi connectivity index (χ0n) is 19.6. The minimum Gasteiger partial charge on any atom is -0.481 e. The van der Waals surface area contributed by atoms with Crippen LogP contribution in [0.15, 0.2) is 23.6 Å². The van der Waals surface area contributed by atoms with Crippen molar-refractivity contribution in [2.45, 2.75) is 37.8 Å². The number of hydrogen-bond acceptors (Lipinski definition) is 6. The van der Waals surface area contributed by atoms with Crippen LogP contribution >= 0.6 is 46.3 Å². The van der Waals surface area contributed by atoms with Gasteiger partial charge < -0.3 is 20.6 Å². The van der Waals surface area contributed by atoms with Crippen molar-refractivity contribution < 1.29 is 24.3 Å². The Labute approximate surface area is 227 Å². The predicted octanol–water partition coefficient (Wildman–Crippen LogP) is 4.04. The molecule has 1 saturated heterocycles. The van der Waals surface area contributed by atoms with Crippen LogP contribution in [0.4, 0.5) is 0 Å². The van der Waals surface area contributed by atoms with E-state index in [1.807, 2.05) is 23.8 Å². The van der Waals surface area contributed by atoms with Gasteiger partial charge in [0.25, 0.3) is 0 Å². The maximum Gasteiger partial charge on any atom is 0.305 e. The highest BCUT2D eigenvalue weighted by Crippen LogP contribution is 2.37. The quantitative estimate of drug-likeness (QED) is 0.370. The van der Waals surface area contributed by atoms with Crippen molar-refractivity contribution in [3.05, 3.63) is 39.2 Å². The molecular weight excluding hydrogens is 545 g/mol. The van der Waals surface area contributed by atoms with Gasteiger partial charge in [0.15, 0.2) is 0 Å². The Morgan fingerprint density at radius 1 is 1.25 bits per heavy atom. The van der Waals surface area contributed by atoms with E-state index >= 15 is 0 Å². The van der Waals surface area contributed by atoms with Gasteiger partial charge in [0.2, 0.25) is 17.7 Å².